The highest BCUT2D eigenvalue weighted by Crippen LogP contribution is 2.23. The Bertz CT molecular complexity index is 260. The number of hydrogen-bond donors (Lipinski definition) is 0. The minimum absolute atomic E-state index is 0.581. The summed E-state index contributed by atoms with van der Waals surface area (Å²) >= 11 is 0. The topological polar surface area (TPSA) is 29.0 Å². The molecule has 1 unspecified atom stereocenters. The molecule has 0 spiro atoms. The van der Waals surface area contributed by atoms with E-state index < -0.39 is 0 Å². The molecule has 0 aromatic carbocycles. The summed E-state index contributed by atoms with van der Waals surface area (Å²) in [6, 6.07) is 2.00. The van der Waals surface area contributed by atoms with E-state index in [0.29, 0.717) is 5.92 Å². The van der Waals surface area contributed by atoms with Gasteiger partial charge in [0.05, 0.1) is 0 Å². The maximum Gasteiger partial charge on any atom is 0.197 e. The van der Waals surface area contributed by atoms with Gasteiger partial charge in [0, 0.05) is 24.4 Å². The van der Waals surface area contributed by atoms with Gasteiger partial charge in [0.15, 0.2) is 6.33 Å². The van der Waals surface area contributed by atoms with Gasteiger partial charge in [-0.2, -0.15) is 0 Å². The van der Waals surface area contributed by atoms with Crippen molar-refractivity contribution in [2.75, 3.05) is 20.1 Å². The first-order valence-corrected chi connectivity index (χ1v) is 4.74. The van der Waals surface area contributed by atoms with Gasteiger partial charge in [-0.25, -0.2) is 9.97 Å². The first-order chi connectivity index (χ1) is 6.36. The fourth-order valence-corrected chi connectivity index (χ4v) is 1.91. The smallest absolute Gasteiger partial charge is 0.197 e. The van der Waals surface area contributed by atoms with Gasteiger partial charge in [-0.15, -0.1) is 0 Å². The molecular weight excluding hydrogens is 162 g/mol. The van der Waals surface area contributed by atoms with Crippen molar-refractivity contribution in [2.24, 2.45) is 0 Å². The van der Waals surface area contributed by atoms with E-state index in [-0.39, 0.29) is 0 Å². The summed E-state index contributed by atoms with van der Waals surface area (Å²) in [7, 11) is 2.16. The predicted molar refractivity (Wildman–Crippen MR) is 50.3 cm³/mol. The molecule has 0 aliphatic carbocycles. The molecule has 3 nitrogen and oxygen atoms in total. The quantitative estimate of drug-likeness (QED) is 0.641. The number of hydrogen-bond acceptors (Lipinski definition) is 3. The Morgan fingerprint density at radius 3 is 3.23 bits per heavy atom. The first-order valence-electron chi connectivity index (χ1n) is 4.74. The van der Waals surface area contributed by atoms with Crippen LogP contribution in [0.25, 0.3) is 0 Å². The van der Waals surface area contributed by atoms with Gasteiger partial charge in [0.25, 0.3) is 0 Å². The molecule has 1 aliphatic heterocycles. The molecule has 2 rings (SSSR count). The summed E-state index contributed by atoms with van der Waals surface area (Å²) in [6.07, 6.45) is 6.94. The van der Waals surface area contributed by atoms with Crippen LogP contribution in [-0.2, 0) is 0 Å². The summed E-state index contributed by atoms with van der Waals surface area (Å²) < 4.78 is 0. The lowest BCUT2D eigenvalue weighted by molar-refractivity contribution is 0.248. The van der Waals surface area contributed by atoms with E-state index in [1.165, 1.54) is 19.4 Å². The van der Waals surface area contributed by atoms with Crippen LogP contribution in [0.1, 0.15) is 24.5 Å². The van der Waals surface area contributed by atoms with E-state index in [9.17, 15) is 0 Å². The molecule has 1 saturated heterocycles. The lowest BCUT2D eigenvalue weighted by atomic mass is 9.95. The number of rotatable bonds is 1. The van der Waals surface area contributed by atoms with Crippen LogP contribution in [0.3, 0.4) is 0 Å². The van der Waals surface area contributed by atoms with Gasteiger partial charge in [-0.1, -0.05) is 0 Å². The van der Waals surface area contributed by atoms with E-state index in [1.807, 2.05) is 6.07 Å². The highest BCUT2D eigenvalue weighted by atomic mass is 15.1. The van der Waals surface area contributed by atoms with Crippen molar-refractivity contribution in [1.82, 2.24) is 14.9 Å². The van der Waals surface area contributed by atoms with Crippen LogP contribution in [0.15, 0.2) is 12.3 Å². The largest absolute Gasteiger partial charge is 0.306 e. The van der Waals surface area contributed by atoms with Crippen molar-refractivity contribution in [3.8, 4) is 0 Å². The molecule has 13 heavy (non-hydrogen) atoms. The van der Waals surface area contributed by atoms with Crippen molar-refractivity contribution < 1.29 is 0 Å². The highest BCUT2D eigenvalue weighted by Gasteiger charge is 2.19. The third-order valence-electron chi connectivity index (χ3n) is 2.60. The highest BCUT2D eigenvalue weighted by molar-refractivity contribution is 5.07. The average Bonchev–Trinajstić information content (AvgIpc) is 2.19. The van der Waals surface area contributed by atoms with Gasteiger partial charge in [-0.05, 0) is 32.5 Å². The molecule has 1 fully saturated rings. The van der Waals surface area contributed by atoms with Crippen LogP contribution < -0.4 is 0 Å². The summed E-state index contributed by atoms with van der Waals surface area (Å²) in [5, 5.41) is 0. The van der Waals surface area contributed by atoms with Gasteiger partial charge >= 0.3 is 0 Å². The SMILES string of the molecule is CN1CCCC(c2ccn[c]n2)C1. The van der Waals surface area contributed by atoms with Crippen LogP contribution in [0.5, 0.6) is 0 Å². The lowest BCUT2D eigenvalue weighted by Crippen LogP contribution is -2.31. The number of piperidine rings is 1. The fourth-order valence-electron chi connectivity index (χ4n) is 1.91. The minimum atomic E-state index is 0.581. The van der Waals surface area contributed by atoms with Crippen LogP contribution in [0, 0.1) is 6.33 Å². The summed E-state index contributed by atoms with van der Waals surface area (Å²) in [4.78, 5) is 10.3. The molecule has 1 atom stereocenters. The van der Waals surface area contributed by atoms with Crippen molar-refractivity contribution in [2.45, 2.75) is 18.8 Å². The summed E-state index contributed by atoms with van der Waals surface area (Å²) in [6.45, 7) is 2.33. The minimum Gasteiger partial charge on any atom is -0.306 e. The number of aromatic nitrogens is 2. The van der Waals surface area contributed by atoms with E-state index in [1.54, 1.807) is 6.20 Å². The molecular formula is C10H14N3. The molecule has 2 heterocycles. The maximum atomic E-state index is 4.17. The molecule has 0 N–H and O–H groups in total. The van der Waals surface area contributed by atoms with Gasteiger partial charge < -0.3 is 4.90 Å². The Balaban J connectivity index is 2.08. The van der Waals surface area contributed by atoms with E-state index >= 15 is 0 Å². The normalized spacial score (nSPS) is 24.5. The average molecular weight is 176 g/mol. The zero-order chi connectivity index (χ0) is 9.10. The molecule has 3 heteroatoms. The Labute approximate surface area is 78.8 Å². The molecule has 1 aromatic rings. The Kier molecular flexibility index (Phi) is 2.54. The monoisotopic (exact) mass is 176 g/mol. The molecule has 0 saturated carbocycles. The van der Waals surface area contributed by atoms with Crippen LogP contribution in [0.2, 0.25) is 0 Å². The summed E-state index contributed by atoms with van der Waals surface area (Å²) in [5.41, 5.74) is 1.14. The molecule has 0 amide bonds. The second-order valence-electron chi connectivity index (χ2n) is 3.68. The zero-order valence-electron chi connectivity index (χ0n) is 7.90. The molecule has 69 valence electrons. The van der Waals surface area contributed by atoms with Gasteiger partial charge in [0.1, 0.15) is 0 Å². The summed E-state index contributed by atoms with van der Waals surface area (Å²) in [5.74, 6) is 0.581. The van der Waals surface area contributed by atoms with Crippen molar-refractivity contribution in [3.63, 3.8) is 0 Å². The first kappa shape index (κ1) is 8.63. The van der Waals surface area contributed by atoms with Crippen LogP contribution in [-0.4, -0.2) is 35.0 Å². The molecule has 0 bridgehead atoms. The maximum absolute atomic E-state index is 4.17. The number of likely N-dealkylation sites (N-methyl/N-ethyl adjacent to an activating group) is 1. The van der Waals surface area contributed by atoms with Gasteiger partial charge in [-0.3, -0.25) is 0 Å². The van der Waals surface area contributed by atoms with Crippen molar-refractivity contribution in [1.29, 1.82) is 0 Å². The second kappa shape index (κ2) is 3.83. The lowest BCUT2D eigenvalue weighted by Gasteiger charge is -2.28. The Morgan fingerprint density at radius 2 is 2.54 bits per heavy atom. The zero-order valence-corrected chi connectivity index (χ0v) is 7.90. The Hall–Kier alpha value is -0.960. The van der Waals surface area contributed by atoms with Crippen molar-refractivity contribution in [3.05, 3.63) is 24.3 Å². The third kappa shape index (κ3) is 2.04. The second-order valence-corrected chi connectivity index (χ2v) is 3.68. The predicted octanol–water partition coefficient (Wildman–Crippen LogP) is 1.09. The Morgan fingerprint density at radius 1 is 1.62 bits per heavy atom. The van der Waals surface area contributed by atoms with E-state index in [2.05, 4.69) is 28.2 Å². The number of nitrogens with zero attached hydrogens (tertiary/aromatic N) is 3. The standard InChI is InChI=1S/C10H14N3/c1-13-6-2-3-9(7-13)10-4-5-11-8-12-10/h4-5,9H,2-3,6-7H2,1H3. The molecule has 1 aromatic heterocycles. The fraction of sp³-hybridized carbons (Fsp3) is 0.600. The van der Waals surface area contributed by atoms with E-state index in [4.69, 9.17) is 0 Å². The van der Waals surface area contributed by atoms with Crippen LogP contribution >= 0.6 is 0 Å². The molecule has 1 aliphatic rings. The van der Waals surface area contributed by atoms with Crippen molar-refractivity contribution >= 4 is 0 Å². The molecule has 1 radical (unpaired) electrons. The third-order valence-corrected chi connectivity index (χ3v) is 2.60. The number of likely N-dealkylation sites (tertiary alicyclic amines) is 1. The van der Waals surface area contributed by atoms with E-state index in [0.717, 1.165) is 12.2 Å². The van der Waals surface area contributed by atoms with Gasteiger partial charge in [0.2, 0.25) is 0 Å². The van der Waals surface area contributed by atoms with Crippen LogP contribution in [0.4, 0.5) is 0 Å².